The number of aliphatic hydroxyl groups excluding tert-OH is 1. The molecule has 0 aromatic carbocycles. The molecule has 0 radical (unpaired) electrons. The summed E-state index contributed by atoms with van der Waals surface area (Å²) >= 11 is 0. The van der Waals surface area contributed by atoms with Crippen molar-refractivity contribution in [2.24, 2.45) is 0 Å². The molecule has 2 heterocycles. The number of aryl methyl sites for hydroxylation is 1. The summed E-state index contributed by atoms with van der Waals surface area (Å²) in [5.41, 5.74) is 0.650. The van der Waals surface area contributed by atoms with Gasteiger partial charge in [-0.1, -0.05) is 12.8 Å². The lowest BCUT2D eigenvalue weighted by molar-refractivity contribution is 0.0605. The third kappa shape index (κ3) is 3.38. The second-order valence-electron chi connectivity index (χ2n) is 5.48. The Kier molecular flexibility index (Phi) is 4.64. The molecule has 1 saturated heterocycles. The summed E-state index contributed by atoms with van der Waals surface area (Å²) in [5, 5.41) is 9.62. The molecular formula is C15H23NO3. The first-order valence-corrected chi connectivity index (χ1v) is 7.12. The van der Waals surface area contributed by atoms with Crippen LogP contribution in [0.1, 0.15) is 55.1 Å². The maximum absolute atomic E-state index is 12.6. The molecule has 0 saturated carbocycles. The van der Waals surface area contributed by atoms with Crippen LogP contribution >= 0.6 is 0 Å². The Hall–Kier alpha value is -1.29. The summed E-state index contributed by atoms with van der Waals surface area (Å²) in [6, 6.07) is 1.88. The Morgan fingerprint density at radius 3 is 2.95 bits per heavy atom. The molecule has 19 heavy (non-hydrogen) atoms. The number of amides is 1. The van der Waals surface area contributed by atoms with Crippen molar-refractivity contribution in [3.05, 3.63) is 23.7 Å². The molecule has 1 aliphatic heterocycles. The summed E-state index contributed by atoms with van der Waals surface area (Å²) < 4.78 is 5.23. The molecule has 0 bridgehead atoms. The minimum Gasteiger partial charge on any atom is -0.469 e. The first-order chi connectivity index (χ1) is 9.09. The van der Waals surface area contributed by atoms with Gasteiger partial charge in [0.1, 0.15) is 5.76 Å². The average molecular weight is 265 g/mol. The fourth-order valence-corrected chi connectivity index (χ4v) is 2.85. The van der Waals surface area contributed by atoms with Crippen molar-refractivity contribution in [2.45, 2.75) is 58.1 Å². The van der Waals surface area contributed by atoms with Crippen molar-refractivity contribution in [1.82, 2.24) is 4.90 Å². The fraction of sp³-hybridized carbons (Fsp3) is 0.667. The van der Waals surface area contributed by atoms with E-state index in [1.807, 2.05) is 11.8 Å². The van der Waals surface area contributed by atoms with Crippen LogP contribution in [0, 0.1) is 6.92 Å². The van der Waals surface area contributed by atoms with E-state index >= 15 is 0 Å². The fourth-order valence-electron chi connectivity index (χ4n) is 2.85. The molecule has 1 aromatic rings. The van der Waals surface area contributed by atoms with Crippen LogP contribution in [0.15, 0.2) is 16.7 Å². The van der Waals surface area contributed by atoms with Crippen molar-refractivity contribution >= 4 is 5.91 Å². The summed E-state index contributed by atoms with van der Waals surface area (Å²) in [6.07, 6.45) is 6.15. The second kappa shape index (κ2) is 6.24. The van der Waals surface area contributed by atoms with Crippen LogP contribution in [-0.4, -0.2) is 34.6 Å². The zero-order chi connectivity index (χ0) is 13.8. The highest BCUT2D eigenvalue weighted by atomic mass is 16.3. The Bertz CT molecular complexity index is 425. The van der Waals surface area contributed by atoms with E-state index in [1.54, 1.807) is 19.3 Å². The molecule has 2 atom stereocenters. The van der Waals surface area contributed by atoms with E-state index in [0.29, 0.717) is 17.7 Å². The van der Waals surface area contributed by atoms with E-state index < -0.39 is 0 Å². The van der Waals surface area contributed by atoms with Gasteiger partial charge >= 0.3 is 0 Å². The van der Waals surface area contributed by atoms with Crippen molar-refractivity contribution in [1.29, 1.82) is 0 Å². The monoisotopic (exact) mass is 265 g/mol. The quantitative estimate of drug-likeness (QED) is 0.914. The number of hydrogen-bond donors (Lipinski definition) is 1. The van der Waals surface area contributed by atoms with Gasteiger partial charge in [-0.05, 0) is 39.2 Å². The Morgan fingerprint density at radius 1 is 1.53 bits per heavy atom. The maximum atomic E-state index is 12.6. The number of likely N-dealkylation sites (tertiary alicyclic amines) is 1. The van der Waals surface area contributed by atoms with Gasteiger partial charge in [0, 0.05) is 12.6 Å². The predicted octanol–water partition coefficient (Wildman–Crippen LogP) is 2.74. The normalized spacial score (nSPS) is 22.1. The molecule has 1 fully saturated rings. The van der Waals surface area contributed by atoms with Crippen LogP contribution in [0.2, 0.25) is 0 Å². The van der Waals surface area contributed by atoms with Crippen LogP contribution < -0.4 is 0 Å². The van der Waals surface area contributed by atoms with E-state index in [4.69, 9.17) is 4.42 Å². The molecule has 2 rings (SSSR count). The van der Waals surface area contributed by atoms with Gasteiger partial charge in [0.05, 0.1) is 17.9 Å². The molecule has 106 valence electrons. The van der Waals surface area contributed by atoms with E-state index in [2.05, 4.69) is 0 Å². The van der Waals surface area contributed by atoms with Crippen LogP contribution in [0.25, 0.3) is 0 Å². The summed E-state index contributed by atoms with van der Waals surface area (Å²) in [7, 11) is 0. The number of nitrogens with zero attached hydrogens (tertiary/aromatic N) is 1. The topological polar surface area (TPSA) is 53.7 Å². The first-order valence-electron chi connectivity index (χ1n) is 7.12. The van der Waals surface area contributed by atoms with Crippen LogP contribution in [0.4, 0.5) is 0 Å². The average Bonchev–Trinajstić information content (AvgIpc) is 2.64. The molecule has 0 aliphatic carbocycles. The Balaban J connectivity index is 2.17. The molecular weight excluding hydrogens is 242 g/mol. The lowest BCUT2D eigenvalue weighted by Gasteiger charge is -2.31. The van der Waals surface area contributed by atoms with Crippen molar-refractivity contribution in [3.8, 4) is 0 Å². The maximum Gasteiger partial charge on any atom is 0.257 e. The third-order valence-electron chi connectivity index (χ3n) is 3.84. The third-order valence-corrected chi connectivity index (χ3v) is 3.84. The van der Waals surface area contributed by atoms with Crippen molar-refractivity contribution in [3.63, 3.8) is 0 Å². The lowest BCUT2D eigenvalue weighted by Crippen LogP contribution is -2.41. The second-order valence-corrected chi connectivity index (χ2v) is 5.48. The van der Waals surface area contributed by atoms with Gasteiger partial charge in [-0.2, -0.15) is 0 Å². The van der Waals surface area contributed by atoms with Crippen LogP contribution in [-0.2, 0) is 0 Å². The number of furan rings is 1. The summed E-state index contributed by atoms with van der Waals surface area (Å²) in [6.45, 7) is 4.38. The zero-order valence-electron chi connectivity index (χ0n) is 11.8. The predicted molar refractivity (Wildman–Crippen MR) is 73.0 cm³/mol. The van der Waals surface area contributed by atoms with Gasteiger partial charge in [-0.3, -0.25) is 4.79 Å². The molecule has 1 amide bonds. The van der Waals surface area contributed by atoms with Gasteiger partial charge in [0.2, 0.25) is 0 Å². The highest BCUT2D eigenvalue weighted by molar-refractivity contribution is 5.95. The summed E-state index contributed by atoms with van der Waals surface area (Å²) in [5.74, 6) is 0.712. The number of aliphatic hydroxyl groups is 1. The highest BCUT2D eigenvalue weighted by Gasteiger charge is 2.28. The lowest BCUT2D eigenvalue weighted by atomic mass is 10.0. The van der Waals surface area contributed by atoms with Crippen molar-refractivity contribution < 1.29 is 14.3 Å². The molecule has 4 nitrogen and oxygen atoms in total. The molecule has 1 aliphatic rings. The summed E-state index contributed by atoms with van der Waals surface area (Å²) in [4.78, 5) is 14.5. The van der Waals surface area contributed by atoms with E-state index in [-0.39, 0.29) is 18.1 Å². The zero-order valence-corrected chi connectivity index (χ0v) is 11.8. The van der Waals surface area contributed by atoms with E-state index in [0.717, 1.165) is 32.2 Å². The Morgan fingerprint density at radius 2 is 2.32 bits per heavy atom. The van der Waals surface area contributed by atoms with E-state index in [1.165, 1.54) is 0 Å². The molecule has 2 unspecified atom stereocenters. The van der Waals surface area contributed by atoms with Gasteiger partial charge < -0.3 is 14.4 Å². The van der Waals surface area contributed by atoms with Crippen LogP contribution in [0.5, 0.6) is 0 Å². The molecule has 1 aromatic heterocycles. The molecule has 4 heteroatoms. The number of carbonyl (C=O) groups excluding carboxylic acids is 1. The molecule has 0 spiro atoms. The van der Waals surface area contributed by atoms with Gasteiger partial charge in [0.25, 0.3) is 5.91 Å². The minimum atomic E-state index is -0.371. The highest BCUT2D eigenvalue weighted by Crippen LogP contribution is 2.23. The minimum absolute atomic E-state index is 0.0406. The SMILES string of the molecule is Cc1occc1C(=O)N1CCCCCC1CC(C)O. The first kappa shape index (κ1) is 14.1. The number of carbonyl (C=O) groups is 1. The van der Waals surface area contributed by atoms with Crippen LogP contribution in [0.3, 0.4) is 0 Å². The van der Waals surface area contributed by atoms with Gasteiger partial charge in [0.15, 0.2) is 0 Å². The van der Waals surface area contributed by atoms with Crippen molar-refractivity contribution in [2.75, 3.05) is 6.54 Å². The van der Waals surface area contributed by atoms with Gasteiger partial charge in [-0.25, -0.2) is 0 Å². The smallest absolute Gasteiger partial charge is 0.257 e. The molecule has 1 N–H and O–H groups in total. The number of hydrogen-bond acceptors (Lipinski definition) is 3. The number of rotatable bonds is 3. The standard InChI is InChI=1S/C15H23NO3/c1-11(17)10-13-6-4-3-5-8-16(13)15(18)14-7-9-19-12(14)2/h7,9,11,13,17H,3-6,8,10H2,1-2H3. The van der Waals surface area contributed by atoms with Gasteiger partial charge in [-0.15, -0.1) is 0 Å². The Labute approximate surface area is 114 Å². The van der Waals surface area contributed by atoms with E-state index in [9.17, 15) is 9.90 Å². The largest absolute Gasteiger partial charge is 0.469 e.